The minimum Gasteiger partial charge on any atom is -0.330 e. The smallest absolute Gasteiger partial charge is 0.261 e. The Balaban J connectivity index is 2.25. The van der Waals surface area contributed by atoms with Crippen LogP contribution in [-0.2, 0) is 16.4 Å². The van der Waals surface area contributed by atoms with E-state index in [0.29, 0.717) is 21.7 Å². The number of halogens is 2. The fourth-order valence-electron chi connectivity index (χ4n) is 1.78. The summed E-state index contributed by atoms with van der Waals surface area (Å²) in [5, 5.41) is 0.524. The number of hydrogen-bond acceptors (Lipinski definition) is 3. The Hall–Kier alpha value is -1.08. The highest BCUT2D eigenvalue weighted by Gasteiger charge is 2.15. The first-order valence-corrected chi connectivity index (χ1v) is 8.84. The van der Waals surface area contributed by atoms with Crippen molar-refractivity contribution in [1.82, 2.24) is 0 Å². The van der Waals surface area contributed by atoms with Crippen molar-refractivity contribution in [2.24, 2.45) is 5.73 Å². The van der Waals surface area contributed by atoms with Crippen LogP contribution in [0.5, 0.6) is 0 Å². The van der Waals surface area contributed by atoms with E-state index in [0.717, 1.165) is 12.0 Å². The van der Waals surface area contributed by atoms with E-state index in [9.17, 15) is 8.42 Å². The van der Waals surface area contributed by atoms with Gasteiger partial charge in [-0.05, 0) is 64.8 Å². The summed E-state index contributed by atoms with van der Waals surface area (Å²) in [6.07, 6.45) is 0.719. The second-order valence-corrected chi connectivity index (χ2v) is 7.39. The third-order valence-corrected chi connectivity index (χ3v) is 5.11. The number of nitrogens with one attached hydrogen (secondary N) is 1. The summed E-state index contributed by atoms with van der Waals surface area (Å²) >= 11 is 9.11. The molecule has 0 heterocycles. The normalized spacial score (nSPS) is 11.4. The standard InChI is InChI=1S/C14H14BrClN2O2S/c15-13-9-11(16)3-6-14(13)18-21(19,20)12-4-1-10(2-5-12)7-8-17/h1-6,9,18H,7-8,17H2. The van der Waals surface area contributed by atoms with Crippen molar-refractivity contribution in [3.05, 3.63) is 57.5 Å². The summed E-state index contributed by atoms with van der Waals surface area (Å²) in [6.45, 7) is 0.530. The Kier molecular flexibility index (Phi) is 5.27. The molecule has 0 fully saturated rings. The van der Waals surface area contributed by atoms with Gasteiger partial charge in [0.25, 0.3) is 10.0 Å². The fourth-order valence-corrected chi connectivity index (χ4v) is 3.77. The number of benzene rings is 2. The van der Waals surface area contributed by atoms with Gasteiger partial charge in [0.2, 0.25) is 0 Å². The van der Waals surface area contributed by atoms with Crippen LogP contribution in [0.1, 0.15) is 5.56 Å². The molecule has 0 saturated carbocycles. The maximum Gasteiger partial charge on any atom is 0.261 e. The molecule has 2 rings (SSSR count). The van der Waals surface area contributed by atoms with E-state index in [4.69, 9.17) is 17.3 Å². The SMILES string of the molecule is NCCc1ccc(S(=O)(=O)Nc2ccc(Cl)cc2Br)cc1. The first-order valence-electron chi connectivity index (χ1n) is 6.19. The molecule has 112 valence electrons. The Morgan fingerprint density at radius 2 is 1.81 bits per heavy atom. The summed E-state index contributed by atoms with van der Waals surface area (Å²) in [6, 6.07) is 11.5. The van der Waals surface area contributed by atoms with Crippen LogP contribution >= 0.6 is 27.5 Å². The Morgan fingerprint density at radius 3 is 2.38 bits per heavy atom. The van der Waals surface area contributed by atoms with Gasteiger partial charge in [0.15, 0.2) is 0 Å². The van der Waals surface area contributed by atoms with Crippen LogP contribution in [0, 0.1) is 0 Å². The second kappa shape index (κ2) is 6.79. The number of hydrogen-bond donors (Lipinski definition) is 2. The zero-order valence-corrected chi connectivity index (χ0v) is 14.2. The van der Waals surface area contributed by atoms with Crippen molar-refractivity contribution in [2.45, 2.75) is 11.3 Å². The molecular formula is C14H14BrClN2O2S. The molecule has 3 N–H and O–H groups in total. The lowest BCUT2D eigenvalue weighted by molar-refractivity contribution is 0.601. The van der Waals surface area contributed by atoms with Crippen LogP contribution in [0.4, 0.5) is 5.69 Å². The van der Waals surface area contributed by atoms with Gasteiger partial charge in [-0.2, -0.15) is 0 Å². The van der Waals surface area contributed by atoms with E-state index < -0.39 is 10.0 Å². The molecule has 21 heavy (non-hydrogen) atoms. The highest BCUT2D eigenvalue weighted by molar-refractivity contribution is 9.10. The average molecular weight is 390 g/mol. The van der Waals surface area contributed by atoms with Crippen LogP contribution in [-0.4, -0.2) is 15.0 Å². The second-order valence-electron chi connectivity index (χ2n) is 4.41. The molecule has 2 aromatic carbocycles. The molecule has 0 aromatic heterocycles. The summed E-state index contributed by atoms with van der Waals surface area (Å²) in [7, 11) is -3.63. The minimum atomic E-state index is -3.63. The molecule has 0 saturated heterocycles. The molecule has 0 amide bonds. The lowest BCUT2D eigenvalue weighted by atomic mass is 10.2. The monoisotopic (exact) mass is 388 g/mol. The third-order valence-electron chi connectivity index (χ3n) is 2.84. The van der Waals surface area contributed by atoms with E-state index >= 15 is 0 Å². The highest BCUT2D eigenvalue weighted by Crippen LogP contribution is 2.28. The maximum atomic E-state index is 12.3. The van der Waals surface area contributed by atoms with Gasteiger partial charge < -0.3 is 5.73 Å². The Labute approximate surface area is 137 Å². The Morgan fingerprint density at radius 1 is 1.14 bits per heavy atom. The van der Waals surface area contributed by atoms with Crippen molar-refractivity contribution >= 4 is 43.2 Å². The van der Waals surface area contributed by atoms with Gasteiger partial charge >= 0.3 is 0 Å². The van der Waals surface area contributed by atoms with Crippen molar-refractivity contribution < 1.29 is 8.42 Å². The van der Waals surface area contributed by atoms with Gasteiger partial charge in [-0.15, -0.1) is 0 Å². The topological polar surface area (TPSA) is 72.2 Å². The maximum absolute atomic E-state index is 12.3. The lowest BCUT2D eigenvalue weighted by Gasteiger charge is -2.10. The Bertz CT molecular complexity index is 733. The fraction of sp³-hybridized carbons (Fsp3) is 0.143. The number of nitrogens with two attached hydrogens (primary N) is 1. The molecular weight excluding hydrogens is 376 g/mol. The van der Waals surface area contributed by atoms with Gasteiger partial charge in [-0.1, -0.05) is 23.7 Å². The average Bonchev–Trinajstić information content (AvgIpc) is 2.43. The number of anilines is 1. The van der Waals surface area contributed by atoms with Crippen molar-refractivity contribution in [1.29, 1.82) is 0 Å². The summed E-state index contributed by atoms with van der Waals surface area (Å²) in [5.74, 6) is 0. The molecule has 0 aliphatic carbocycles. The zero-order valence-electron chi connectivity index (χ0n) is 11.0. The van der Waals surface area contributed by atoms with Crippen LogP contribution in [0.3, 0.4) is 0 Å². The van der Waals surface area contributed by atoms with Gasteiger partial charge in [-0.25, -0.2) is 8.42 Å². The quantitative estimate of drug-likeness (QED) is 0.823. The van der Waals surface area contributed by atoms with Gasteiger partial charge in [0.1, 0.15) is 0 Å². The van der Waals surface area contributed by atoms with E-state index in [1.807, 2.05) is 0 Å². The third kappa shape index (κ3) is 4.20. The molecule has 0 aliphatic rings. The predicted octanol–water partition coefficient (Wildman–Crippen LogP) is 3.40. The van der Waals surface area contributed by atoms with Crippen molar-refractivity contribution in [3.8, 4) is 0 Å². The van der Waals surface area contributed by atoms with E-state index in [1.54, 1.807) is 42.5 Å². The van der Waals surface area contributed by atoms with Crippen molar-refractivity contribution in [3.63, 3.8) is 0 Å². The van der Waals surface area contributed by atoms with Crippen LogP contribution < -0.4 is 10.5 Å². The molecule has 0 bridgehead atoms. The molecule has 0 radical (unpaired) electrons. The van der Waals surface area contributed by atoms with Gasteiger partial charge in [-0.3, -0.25) is 4.72 Å². The van der Waals surface area contributed by atoms with E-state index in [2.05, 4.69) is 20.7 Å². The molecule has 4 nitrogen and oxygen atoms in total. The van der Waals surface area contributed by atoms with Crippen molar-refractivity contribution in [2.75, 3.05) is 11.3 Å². The first kappa shape index (κ1) is 16.3. The molecule has 2 aromatic rings. The molecule has 0 unspecified atom stereocenters. The van der Waals surface area contributed by atoms with E-state index in [-0.39, 0.29) is 4.90 Å². The highest BCUT2D eigenvalue weighted by atomic mass is 79.9. The zero-order chi connectivity index (χ0) is 15.5. The molecule has 0 spiro atoms. The molecule has 7 heteroatoms. The number of rotatable bonds is 5. The predicted molar refractivity (Wildman–Crippen MR) is 89.2 cm³/mol. The number of sulfonamides is 1. The van der Waals surface area contributed by atoms with Gasteiger partial charge in [0.05, 0.1) is 10.6 Å². The molecule has 0 aliphatic heterocycles. The van der Waals surface area contributed by atoms with Crippen LogP contribution in [0.25, 0.3) is 0 Å². The summed E-state index contributed by atoms with van der Waals surface area (Å²) in [4.78, 5) is 0.199. The van der Waals surface area contributed by atoms with Crippen LogP contribution in [0.15, 0.2) is 51.8 Å². The first-order chi connectivity index (χ1) is 9.92. The van der Waals surface area contributed by atoms with E-state index in [1.165, 1.54) is 0 Å². The minimum absolute atomic E-state index is 0.199. The van der Waals surface area contributed by atoms with Gasteiger partial charge in [0, 0.05) is 9.50 Å². The summed E-state index contributed by atoms with van der Waals surface area (Å²) in [5.41, 5.74) is 6.91. The molecule has 0 atom stereocenters. The lowest BCUT2D eigenvalue weighted by Crippen LogP contribution is -2.13. The largest absolute Gasteiger partial charge is 0.330 e. The summed E-state index contributed by atoms with van der Waals surface area (Å²) < 4.78 is 27.7. The van der Waals surface area contributed by atoms with Crippen LogP contribution in [0.2, 0.25) is 5.02 Å².